The lowest BCUT2D eigenvalue weighted by molar-refractivity contribution is 0.0938. The first-order valence-electron chi connectivity index (χ1n) is 8.70. The summed E-state index contributed by atoms with van der Waals surface area (Å²) in [5.74, 6) is 0.658. The van der Waals surface area contributed by atoms with Crippen LogP contribution in [0.25, 0.3) is 0 Å². The van der Waals surface area contributed by atoms with Crippen LogP contribution in [0.15, 0.2) is 73.1 Å². The van der Waals surface area contributed by atoms with E-state index in [2.05, 4.69) is 40.6 Å². The molecule has 0 fully saturated rings. The molecule has 25 heavy (non-hydrogen) atoms. The van der Waals surface area contributed by atoms with Crippen LogP contribution in [0.3, 0.4) is 0 Å². The van der Waals surface area contributed by atoms with E-state index in [9.17, 15) is 4.79 Å². The number of fused-ring (bicyclic) bond motifs is 5. The normalized spacial score (nSPS) is 23.1. The maximum Gasteiger partial charge on any atom is 0.185 e. The van der Waals surface area contributed by atoms with Crippen molar-refractivity contribution < 1.29 is 4.79 Å². The molecule has 122 valence electrons. The summed E-state index contributed by atoms with van der Waals surface area (Å²) in [6.45, 7) is 0. The fourth-order valence-corrected chi connectivity index (χ4v) is 4.45. The van der Waals surface area contributed by atoms with E-state index in [-0.39, 0.29) is 23.7 Å². The van der Waals surface area contributed by atoms with Crippen molar-refractivity contribution >= 4 is 11.5 Å². The van der Waals surface area contributed by atoms with Gasteiger partial charge in [-0.05, 0) is 29.2 Å². The molecule has 1 aromatic heterocycles. The molecule has 2 unspecified atom stereocenters. The Morgan fingerprint density at radius 1 is 0.960 bits per heavy atom. The fraction of sp³-hybridized carbons (Fsp3) is 0.182. The molecule has 1 N–H and O–H groups in total. The van der Waals surface area contributed by atoms with E-state index < -0.39 is 0 Å². The average Bonchev–Trinajstić information content (AvgIpc) is 3.07. The predicted molar refractivity (Wildman–Crippen MR) is 97.9 cm³/mol. The molecule has 0 radical (unpaired) electrons. The number of Topliss-reactive ketones (excluding diaryl/α,β-unsaturated/α-hetero) is 1. The van der Waals surface area contributed by atoms with Crippen LogP contribution in [0, 0.1) is 5.92 Å². The van der Waals surface area contributed by atoms with Gasteiger partial charge in [0.05, 0.1) is 17.9 Å². The summed E-state index contributed by atoms with van der Waals surface area (Å²) in [6.07, 6.45) is 4.62. The second-order valence-electron chi connectivity index (χ2n) is 6.86. The summed E-state index contributed by atoms with van der Waals surface area (Å²) in [4.78, 5) is 17.5. The third kappa shape index (κ3) is 2.19. The Morgan fingerprint density at radius 3 is 2.64 bits per heavy atom. The summed E-state index contributed by atoms with van der Waals surface area (Å²) < 4.78 is 0. The lowest BCUT2D eigenvalue weighted by atomic mass is 9.76. The summed E-state index contributed by atoms with van der Waals surface area (Å²) in [6, 6.07) is 20.0. The van der Waals surface area contributed by atoms with E-state index in [1.807, 2.05) is 42.7 Å². The number of pyridine rings is 1. The van der Waals surface area contributed by atoms with E-state index in [0.717, 1.165) is 17.7 Å². The summed E-state index contributed by atoms with van der Waals surface area (Å²) in [5.41, 5.74) is 5.71. The van der Waals surface area contributed by atoms with Crippen molar-refractivity contribution in [2.24, 2.45) is 5.92 Å². The van der Waals surface area contributed by atoms with Crippen molar-refractivity contribution in [2.75, 3.05) is 5.32 Å². The van der Waals surface area contributed by atoms with Crippen molar-refractivity contribution in [3.63, 3.8) is 0 Å². The van der Waals surface area contributed by atoms with Gasteiger partial charge in [-0.3, -0.25) is 9.78 Å². The number of benzene rings is 2. The molecule has 3 aromatic rings. The monoisotopic (exact) mass is 326 g/mol. The van der Waals surface area contributed by atoms with Gasteiger partial charge in [-0.1, -0.05) is 54.6 Å². The second-order valence-corrected chi connectivity index (χ2v) is 6.86. The van der Waals surface area contributed by atoms with E-state index in [1.165, 1.54) is 16.7 Å². The number of ketones is 1. The Morgan fingerprint density at radius 2 is 1.76 bits per heavy atom. The number of hydrogen-bond donors (Lipinski definition) is 1. The van der Waals surface area contributed by atoms with Gasteiger partial charge in [0.1, 0.15) is 0 Å². The van der Waals surface area contributed by atoms with Crippen molar-refractivity contribution in [3.8, 4) is 0 Å². The van der Waals surface area contributed by atoms with Crippen LogP contribution >= 0.6 is 0 Å². The zero-order valence-corrected chi connectivity index (χ0v) is 13.7. The Bertz CT molecular complexity index is 951. The van der Waals surface area contributed by atoms with Crippen molar-refractivity contribution in [1.29, 1.82) is 0 Å². The lowest BCUT2D eigenvalue weighted by Crippen LogP contribution is -2.42. The van der Waals surface area contributed by atoms with Crippen molar-refractivity contribution in [1.82, 2.24) is 4.98 Å². The number of rotatable bonds is 2. The number of nitrogens with zero attached hydrogens (tertiary/aromatic N) is 1. The Balaban J connectivity index is 1.63. The van der Waals surface area contributed by atoms with Crippen molar-refractivity contribution in [3.05, 3.63) is 95.3 Å². The van der Waals surface area contributed by atoms with Gasteiger partial charge in [0.15, 0.2) is 5.78 Å². The van der Waals surface area contributed by atoms with E-state index in [1.54, 1.807) is 0 Å². The molecule has 2 aliphatic rings. The zero-order valence-electron chi connectivity index (χ0n) is 13.7. The molecule has 2 heterocycles. The number of aromatic nitrogens is 1. The van der Waals surface area contributed by atoms with Gasteiger partial charge < -0.3 is 5.32 Å². The quantitative estimate of drug-likeness (QED) is 0.722. The molecular weight excluding hydrogens is 308 g/mol. The number of carbonyl (C=O) groups is 1. The van der Waals surface area contributed by atoms with Gasteiger partial charge in [-0.2, -0.15) is 0 Å². The number of nitrogens with one attached hydrogen (secondary N) is 1. The van der Waals surface area contributed by atoms with Gasteiger partial charge in [0.25, 0.3) is 0 Å². The molecule has 0 spiro atoms. The van der Waals surface area contributed by atoms with Crippen LogP contribution in [-0.4, -0.2) is 16.8 Å². The first-order chi connectivity index (χ1) is 12.3. The maximum absolute atomic E-state index is 13.2. The molecule has 0 bridgehead atoms. The Labute approximate surface area is 146 Å². The molecule has 2 aromatic carbocycles. The average molecular weight is 326 g/mol. The highest BCUT2D eigenvalue weighted by Crippen LogP contribution is 2.49. The zero-order chi connectivity index (χ0) is 16.8. The largest absolute Gasteiger partial charge is 0.373 e. The van der Waals surface area contributed by atoms with Crippen molar-refractivity contribution in [2.45, 2.75) is 18.4 Å². The number of carbonyl (C=O) groups excluding carboxylic acids is 1. The first kappa shape index (κ1) is 14.4. The van der Waals surface area contributed by atoms with Crippen LogP contribution in [0.5, 0.6) is 0 Å². The number of hydrogen-bond acceptors (Lipinski definition) is 3. The van der Waals surface area contributed by atoms with Crippen LogP contribution in [0.4, 0.5) is 5.69 Å². The molecular formula is C22H18N2O. The van der Waals surface area contributed by atoms with Crippen LogP contribution in [0.2, 0.25) is 0 Å². The molecule has 3 heteroatoms. The van der Waals surface area contributed by atoms with Gasteiger partial charge in [-0.15, -0.1) is 0 Å². The molecule has 3 nitrogen and oxygen atoms in total. The fourth-order valence-electron chi connectivity index (χ4n) is 4.45. The topological polar surface area (TPSA) is 42.0 Å². The minimum atomic E-state index is -0.225. The molecule has 5 rings (SSSR count). The standard InChI is InChI=1S/C22H18N2O/c25-22(14-6-2-1-3-7-14)21-18-12-15-8-4-5-9-16(15)20(18)17-10-11-23-13-19(17)24-21/h1-11,13,18,20-21,24H,12H2/t18?,20?,21-/m0/s1. The minimum absolute atomic E-state index is 0.165. The summed E-state index contributed by atoms with van der Waals surface area (Å²) >= 11 is 0. The van der Waals surface area contributed by atoms with Gasteiger partial charge in [-0.25, -0.2) is 0 Å². The molecule has 0 amide bonds. The van der Waals surface area contributed by atoms with E-state index in [0.29, 0.717) is 0 Å². The van der Waals surface area contributed by atoms with E-state index in [4.69, 9.17) is 0 Å². The third-order valence-electron chi connectivity index (χ3n) is 5.54. The lowest BCUT2D eigenvalue weighted by Gasteiger charge is -2.36. The third-order valence-corrected chi connectivity index (χ3v) is 5.54. The van der Waals surface area contributed by atoms with E-state index >= 15 is 0 Å². The summed E-state index contributed by atoms with van der Waals surface area (Å²) in [5, 5.41) is 3.49. The molecule has 3 atom stereocenters. The molecule has 1 aliphatic heterocycles. The smallest absolute Gasteiger partial charge is 0.185 e. The maximum atomic E-state index is 13.2. The van der Waals surface area contributed by atoms with Gasteiger partial charge in [0.2, 0.25) is 0 Å². The second kappa shape index (κ2) is 5.55. The van der Waals surface area contributed by atoms with Gasteiger partial charge in [0, 0.05) is 23.6 Å². The van der Waals surface area contributed by atoms with Gasteiger partial charge >= 0.3 is 0 Å². The van der Waals surface area contributed by atoms with Crippen LogP contribution in [-0.2, 0) is 6.42 Å². The highest BCUT2D eigenvalue weighted by molar-refractivity contribution is 6.02. The molecule has 0 saturated carbocycles. The summed E-state index contributed by atoms with van der Waals surface area (Å²) in [7, 11) is 0. The Hall–Kier alpha value is -2.94. The first-order valence-corrected chi connectivity index (χ1v) is 8.70. The molecule has 1 aliphatic carbocycles. The van der Waals surface area contributed by atoms with Crippen LogP contribution < -0.4 is 5.32 Å². The SMILES string of the molecule is O=C(c1ccccc1)[C@H]1Nc2cnccc2C2c3ccccc3CC21. The Kier molecular flexibility index (Phi) is 3.20. The molecule has 0 saturated heterocycles. The highest BCUT2D eigenvalue weighted by atomic mass is 16.1. The number of anilines is 1. The minimum Gasteiger partial charge on any atom is -0.373 e. The predicted octanol–water partition coefficient (Wildman–Crippen LogP) is 4.06. The van der Waals surface area contributed by atoms with Crippen LogP contribution in [0.1, 0.15) is 33.0 Å². The highest BCUT2D eigenvalue weighted by Gasteiger charge is 2.45.